The average molecular weight is 281 g/mol. The summed E-state index contributed by atoms with van der Waals surface area (Å²) < 4.78 is 5.39. The molecule has 0 aliphatic heterocycles. The third-order valence-electron chi connectivity index (χ3n) is 3.60. The van der Waals surface area contributed by atoms with E-state index in [1.54, 1.807) is 25.4 Å². The van der Waals surface area contributed by atoms with Crippen LogP contribution in [0, 0.1) is 11.3 Å². The molecule has 0 fully saturated rings. The molecule has 1 atom stereocenters. The molecule has 0 N–H and O–H groups in total. The highest BCUT2D eigenvalue weighted by Crippen LogP contribution is 2.22. The number of rotatable bonds is 5. The van der Waals surface area contributed by atoms with E-state index in [2.05, 4.69) is 28.9 Å². The van der Waals surface area contributed by atoms with Crippen molar-refractivity contribution < 1.29 is 4.74 Å². The van der Waals surface area contributed by atoms with E-state index in [9.17, 15) is 0 Å². The van der Waals surface area contributed by atoms with Crippen molar-refractivity contribution in [2.45, 2.75) is 19.4 Å². The van der Waals surface area contributed by atoms with Crippen molar-refractivity contribution in [2.24, 2.45) is 0 Å². The zero-order valence-electron chi connectivity index (χ0n) is 12.6. The maximum absolute atomic E-state index is 8.97. The molecule has 1 unspecified atom stereocenters. The van der Waals surface area contributed by atoms with E-state index in [1.807, 2.05) is 25.2 Å². The highest BCUT2D eigenvalue weighted by molar-refractivity contribution is 5.45. The number of aromatic nitrogens is 1. The van der Waals surface area contributed by atoms with Crippen molar-refractivity contribution in [2.75, 3.05) is 19.1 Å². The minimum Gasteiger partial charge on any atom is -0.496 e. The Morgan fingerprint density at radius 3 is 2.81 bits per heavy atom. The smallest absolute Gasteiger partial charge is 0.129 e. The molecule has 108 valence electrons. The van der Waals surface area contributed by atoms with Crippen LogP contribution in [-0.2, 0) is 6.42 Å². The molecule has 0 saturated carbocycles. The van der Waals surface area contributed by atoms with Crippen LogP contribution >= 0.6 is 0 Å². The maximum Gasteiger partial charge on any atom is 0.129 e. The van der Waals surface area contributed by atoms with Gasteiger partial charge in [0.1, 0.15) is 11.6 Å². The Morgan fingerprint density at radius 1 is 1.33 bits per heavy atom. The van der Waals surface area contributed by atoms with E-state index in [0.29, 0.717) is 5.56 Å². The molecule has 2 rings (SSSR count). The van der Waals surface area contributed by atoms with Crippen LogP contribution < -0.4 is 9.64 Å². The van der Waals surface area contributed by atoms with E-state index >= 15 is 0 Å². The first-order valence-electron chi connectivity index (χ1n) is 6.86. The van der Waals surface area contributed by atoms with Crippen molar-refractivity contribution in [1.82, 2.24) is 4.98 Å². The van der Waals surface area contributed by atoms with Crippen molar-refractivity contribution in [3.63, 3.8) is 0 Å². The first kappa shape index (κ1) is 14.9. The molecule has 0 spiro atoms. The largest absolute Gasteiger partial charge is 0.496 e. The second kappa shape index (κ2) is 6.76. The molecule has 0 radical (unpaired) electrons. The molecule has 0 amide bonds. The summed E-state index contributed by atoms with van der Waals surface area (Å²) in [7, 11) is 3.68. The summed E-state index contributed by atoms with van der Waals surface area (Å²) in [5, 5.41) is 8.97. The lowest BCUT2D eigenvalue weighted by atomic mass is 10.0. The first-order valence-corrected chi connectivity index (χ1v) is 6.86. The molecule has 4 heteroatoms. The lowest BCUT2D eigenvalue weighted by Gasteiger charge is -2.26. The molecular weight excluding hydrogens is 262 g/mol. The number of para-hydroxylation sites is 1. The minimum absolute atomic E-state index is 0.239. The zero-order valence-corrected chi connectivity index (χ0v) is 12.6. The zero-order chi connectivity index (χ0) is 15.2. The molecule has 2 aromatic rings. The Balaban J connectivity index is 2.15. The van der Waals surface area contributed by atoms with Gasteiger partial charge in [0.05, 0.1) is 18.7 Å². The molecule has 0 aliphatic rings. The van der Waals surface area contributed by atoms with Crippen molar-refractivity contribution in [3.8, 4) is 11.8 Å². The molecule has 1 aromatic heterocycles. The number of nitrogens with zero attached hydrogens (tertiary/aromatic N) is 3. The predicted octanol–water partition coefficient (Wildman–Crippen LogP) is 3.03. The molecule has 0 bridgehead atoms. The van der Waals surface area contributed by atoms with Crippen LogP contribution in [0.1, 0.15) is 18.1 Å². The van der Waals surface area contributed by atoms with Crippen LogP contribution in [0.5, 0.6) is 5.75 Å². The second-order valence-corrected chi connectivity index (χ2v) is 4.99. The third-order valence-corrected chi connectivity index (χ3v) is 3.60. The van der Waals surface area contributed by atoms with E-state index in [4.69, 9.17) is 10.00 Å². The van der Waals surface area contributed by atoms with Crippen LogP contribution in [0.25, 0.3) is 0 Å². The number of nitriles is 1. The molecular formula is C17H19N3O. The van der Waals surface area contributed by atoms with Gasteiger partial charge < -0.3 is 9.64 Å². The summed E-state index contributed by atoms with van der Waals surface area (Å²) in [5.74, 6) is 1.70. The van der Waals surface area contributed by atoms with Gasteiger partial charge in [0.2, 0.25) is 0 Å². The van der Waals surface area contributed by atoms with E-state index < -0.39 is 0 Å². The number of hydrogen-bond acceptors (Lipinski definition) is 4. The predicted molar refractivity (Wildman–Crippen MR) is 83.5 cm³/mol. The number of hydrogen-bond donors (Lipinski definition) is 0. The van der Waals surface area contributed by atoms with Gasteiger partial charge in [-0.1, -0.05) is 18.2 Å². The van der Waals surface area contributed by atoms with E-state index in [0.717, 1.165) is 23.6 Å². The number of benzene rings is 1. The van der Waals surface area contributed by atoms with Crippen LogP contribution in [0.3, 0.4) is 0 Å². The molecule has 0 aliphatic carbocycles. The summed E-state index contributed by atoms with van der Waals surface area (Å²) >= 11 is 0. The van der Waals surface area contributed by atoms with E-state index in [-0.39, 0.29) is 6.04 Å². The number of pyridine rings is 1. The SMILES string of the molecule is COc1ccccc1CC(C)N(C)c1cc(C#N)ccn1. The van der Waals surface area contributed by atoms with Gasteiger partial charge in [0.15, 0.2) is 0 Å². The summed E-state index contributed by atoms with van der Waals surface area (Å²) in [5.41, 5.74) is 1.78. The van der Waals surface area contributed by atoms with Crippen LogP contribution in [-0.4, -0.2) is 25.2 Å². The Labute approximate surface area is 125 Å². The molecule has 1 heterocycles. The van der Waals surface area contributed by atoms with Gasteiger partial charge in [-0.3, -0.25) is 0 Å². The standard InChI is InChI=1S/C17H19N3O/c1-13(10-15-6-4-5-7-16(15)21-3)20(2)17-11-14(12-18)8-9-19-17/h4-9,11,13H,10H2,1-3H3. The number of methoxy groups -OCH3 is 1. The van der Waals surface area contributed by atoms with Crippen molar-refractivity contribution >= 4 is 5.82 Å². The maximum atomic E-state index is 8.97. The first-order chi connectivity index (χ1) is 10.2. The van der Waals surface area contributed by atoms with Crippen molar-refractivity contribution in [1.29, 1.82) is 5.26 Å². The normalized spacial score (nSPS) is 11.5. The summed E-state index contributed by atoms with van der Waals surface area (Å²) in [6.45, 7) is 2.13. The van der Waals surface area contributed by atoms with Gasteiger partial charge in [-0.15, -0.1) is 0 Å². The lowest BCUT2D eigenvalue weighted by molar-refractivity contribution is 0.408. The highest BCUT2D eigenvalue weighted by atomic mass is 16.5. The van der Waals surface area contributed by atoms with Crippen LogP contribution in [0.2, 0.25) is 0 Å². The fourth-order valence-corrected chi connectivity index (χ4v) is 2.23. The molecule has 4 nitrogen and oxygen atoms in total. The Morgan fingerprint density at radius 2 is 2.10 bits per heavy atom. The summed E-state index contributed by atoms with van der Waals surface area (Å²) in [6, 6.07) is 13.9. The summed E-state index contributed by atoms with van der Waals surface area (Å²) in [6.07, 6.45) is 2.51. The highest BCUT2D eigenvalue weighted by Gasteiger charge is 2.14. The van der Waals surface area contributed by atoms with Gasteiger partial charge in [0.25, 0.3) is 0 Å². The Bertz CT molecular complexity index is 648. The molecule has 1 aromatic carbocycles. The molecule has 21 heavy (non-hydrogen) atoms. The Kier molecular flexibility index (Phi) is 4.78. The number of anilines is 1. The van der Waals surface area contributed by atoms with Gasteiger partial charge in [0, 0.05) is 19.3 Å². The van der Waals surface area contributed by atoms with Gasteiger partial charge in [-0.25, -0.2) is 4.98 Å². The third kappa shape index (κ3) is 3.51. The van der Waals surface area contributed by atoms with Gasteiger partial charge in [-0.05, 0) is 37.1 Å². The fourth-order valence-electron chi connectivity index (χ4n) is 2.23. The van der Waals surface area contributed by atoms with Crippen molar-refractivity contribution in [3.05, 3.63) is 53.7 Å². The Hall–Kier alpha value is -2.54. The molecule has 0 saturated heterocycles. The van der Waals surface area contributed by atoms with Crippen LogP contribution in [0.4, 0.5) is 5.82 Å². The number of ether oxygens (including phenoxy) is 1. The number of likely N-dealkylation sites (N-methyl/N-ethyl adjacent to an activating group) is 1. The van der Waals surface area contributed by atoms with E-state index in [1.165, 1.54) is 0 Å². The van der Waals surface area contributed by atoms with Gasteiger partial charge in [-0.2, -0.15) is 5.26 Å². The quantitative estimate of drug-likeness (QED) is 0.845. The van der Waals surface area contributed by atoms with Gasteiger partial charge >= 0.3 is 0 Å². The minimum atomic E-state index is 0.239. The average Bonchev–Trinajstić information content (AvgIpc) is 2.54. The van der Waals surface area contributed by atoms with Crippen LogP contribution in [0.15, 0.2) is 42.6 Å². The summed E-state index contributed by atoms with van der Waals surface area (Å²) in [4.78, 5) is 6.41. The topological polar surface area (TPSA) is 49.1 Å². The second-order valence-electron chi connectivity index (χ2n) is 4.99. The monoisotopic (exact) mass is 281 g/mol. The fraction of sp³-hybridized carbons (Fsp3) is 0.294. The lowest BCUT2D eigenvalue weighted by Crippen LogP contribution is -2.31.